The summed E-state index contributed by atoms with van der Waals surface area (Å²) in [5.41, 5.74) is 3.25. The van der Waals surface area contributed by atoms with Crippen LogP contribution in [0.5, 0.6) is 5.75 Å². The van der Waals surface area contributed by atoms with Crippen LogP contribution in [0.25, 0.3) is 0 Å². The molecular formula is C25H33N3O3. The van der Waals surface area contributed by atoms with Gasteiger partial charge in [-0.1, -0.05) is 12.1 Å². The van der Waals surface area contributed by atoms with Crippen LogP contribution < -0.4 is 15.4 Å². The summed E-state index contributed by atoms with van der Waals surface area (Å²) in [4.78, 5) is 27.2. The van der Waals surface area contributed by atoms with E-state index in [1.165, 1.54) is 0 Å². The van der Waals surface area contributed by atoms with Crippen molar-refractivity contribution in [2.75, 3.05) is 40.3 Å². The molecule has 2 aromatic rings. The third-order valence-corrected chi connectivity index (χ3v) is 5.34. The number of carbonyl (C=O) groups is 2. The fraction of sp³-hybridized carbons (Fsp3) is 0.440. The Morgan fingerprint density at radius 3 is 2.84 bits per heavy atom. The fourth-order valence-electron chi connectivity index (χ4n) is 3.63. The van der Waals surface area contributed by atoms with Gasteiger partial charge in [0.15, 0.2) is 0 Å². The molecule has 6 nitrogen and oxygen atoms in total. The Kier molecular flexibility index (Phi) is 8.47. The van der Waals surface area contributed by atoms with Gasteiger partial charge in [-0.2, -0.15) is 0 Å². The fourth-order valence-corrected chi connectivity index (χ4v) is 3.63. The summed E-state index contributed by atoms with van der Waals surface area (Å²) in [5, 5.41) is 5.98. The van der Waals surface area contributed by atoms with E-state index < -0.39 is 0 Å². The van der Waals surface area contributed by atoms with Gasteiger partial charge in [-0.05, 0) is 87.8 Å². The minimum atomic E-state index is -0.0749. The summed E-state index contributed by atoms with van der Waals surface area (Å²) in [6.07, 6.45) is 4.34. The topological polar surface area (TPSA) is 70.7 Å². The predicted molar refractivity (Wildman–Crippen MR) is 123 cm³/mol. The monoisotopic (exact) mass is 423 g/mol. The average molecular weight is 424 g/mol. The Morgan fingerprint density at radius 2 is 2.00 bits per heavy atom. The molecule has 0 atom stereocenters. The van der Waals surface area contributed by atoms with Crippen molar-refractivity contribution in [3.63, 3.8) is 0 Å². The number of ether oxygens (including phenoxy) is 1. The molecule has 0 radical (unpaired) electrons. The molecule has 0 saturated carbocycles. The SMILES string of the molecule is CN(C)CCCNC(=O)c1ccc2c(c1)Cc1cccc(c1)C(=O)NCCCCCO2. The van der Waals surface area contributed by atoms with Crippen molar-refractivity contribution in [2.24, 2.45) is 0 Å². The molecule has 2 N–H and O–H groups in total. The zero-order valence-corrected chi connectivity index (χ0v) is 18.6. The first-order valence-corrected chi connectivity index (χ1v) is 11.1. The van der Waals surface area contributed by atoms with E-state index in [1.807, 2.05) is 56.6 Å². The first kappa shape index (κ1) is 22.8. The van der Waals surface area contributed by atoms with Crippen molar-refractivity contribution in [1.29, 1.82) is 0 Å². The third kappa shape index (κ3) is 7.10. The van der Waals surface area contributed by atoms with Gasteiger partial charge >= 0.3 is 0 Å². The Balaban J connectivity index is 1.80. The van der Waals surface area contributed by atoms with E-state index in [9.17, 15) is 9.59 Å². The van der Waals surface area contributed by atoms with Crippen molar-refractivity contribution in [2.45, 2.75) is 32.1 Å². The highest BCUT2D eigenvalue weighted by Crippen LogP contribution is 2.24. The van der Waals surface area contributed by atoms with Crippen molar-refractivity contribution in [3.8, 4) is 5.75 Å². The lowest BCUT2D eigenvalue weighted by Gasteiger charge is -2.15. The second kappa shape index (κ2) is 11.5. The number of benzene rings is 2. The lowest BCUT2D eigenvalue weighted by Crippen LogP contribution is -2.27. The molecule has 3 rings (SSSR count). The molecule has 31 heavy (non-hydrogen) atoms. The van der Waals surface area contributed by atoms with Gasteiger partial charge in [-0.15, -0.1) is 0 Å². The van der Waals surface area contributed by atoms with E-state index in [0.29, 0.717) is 37.2 Å². The first-order valence-electron chi connectivity index (χ1n) is 11.1. The van der Waals surface area contributed by atoms with E-state index >= 15 is 0 Å². The molecule has 0 fully saturated rings. The number of fused-ring (bicyclic) bond motifs is 3. The lowest BCUT2D eigenvalue weighted by molar-refractivity contribution is 0.0944. The smallest absolute Gasteiger partial charge is 0.251 e. The number of nitrogens with one attached hydrogen (secondary N) is 2. The quantitative estimate of drug-likeness (QED) is 0.725. The molecule has 0 aromatic heterocycles. The Labute approximate surface area is 185 Å². The number of hydrogen-bond acceptors (Lipinski definition) is 4. The number of carbonyl (C=O) groups excluding carboxylic acids is 2. The van der Waals surface area contributed by atoms with Crippen molar-refractivity contribution < 1.29 is 14.3 Å². The lowest BCUT2D eigenvalue weighted by atomic mass is 9.99. The molecule has 0 spiro atoms. The molecule has 6 heteroatoms. The zero-order valence-electron chi connectivity index (χ0n) is 18.6. The van der Waals surface area contributed by atoms with Crippen LogP contribution in [0.1, 0.15) is 57.5 Å². The van der Waals surface area contributed by atoms with Gasteiger partial charge in [-0.3, -0.25) is 9.59 Å². The van der Waals surface area contributed by atoms with Gasteiger partial charge in [-0.25, -0.2) is 0 Å². The molecule has 2 amide bonds. The summed E-state index contributed by atoms with van der Waals surface area (Å²) in [6.45, 7) is 2.87. The second-order valence-corrected chi connectivity index (χ2v) is 8.28. The Hall–Kier alpha value is -2.86. The molecular weight excluding hydrogens is 390 g/mol. The largest absolute Gasteiger partial charge is 0.493 e. The number of rotatable bonds is 5. The Morgan fingerprint density at radius 1 is 1.13 bits per heavy atom. The van der Waals surface area contributed by atoms with Gasteiger partial charge in [0.1, 0.15) is 5.75 Å². The van der Waals surface area contributed by atoms with Crippen LogP contribution in [0.2, 0.25) is 0 Å². The van der Waals surface area contributed by atoms with Crippen LogP contribution in [-0.4, -0.2) is 57.1 Å². The highest BCUT2D eigenvalue weighted by Gasteiger charge is 2.13. The number of nitrogens with zero attached hydrogens (tertiary/aromatic N) is 1. The number of hydrogen-bond donors (Lipinski definition) is 2. The van der Waals surface area contributed by atoms with Crippen LogP contribution >= 0.6 is 0 Å². The van der Waals surface area contributed by atoms with E-state index in [-0.39, 0.29) is 11.8 Å². The molecule has 0 saturated heterocycles. The van der Waals surface area contributed by atoms with Crippen molar-refractivity contribution in [1.82, 2.24) is 15.5 Å². The van der Waals surface area contributed by atoms with Crippen LogP contribution in [0.4, 0.5) is 0 Å². The van der Waals surface area contributed by atoms with Gasteiger partial charge in [0.2, 0.25) is 0 Å². The van der Waals surface area contributed by atoms with E-state index in [2.05, 4.69) is 15.5 Å². The minimum absolute atomic E-state index is 0.0405. The molecule has 166 valence electrons. The second-order valence-electron chi connectivity index (χ2n) is 8.28. The highest BCUT2D eigenvalue weighted by molar-refractivity contribution is 5.95. The molecule has 0 unspecified atom stereocenters. The normalized spacial score (nSPS) is 14.7. The third-order valence-electron chi connectivity index (χ3n) is 5.34. The molecule has 1 aliphatic heterocycles. The van der Waals surface area contributed by atoms with Gasteiger partial charge in [0.05, 0.1) is 6.61 Å². The molecule has 2 aromatic carbocycles. The van der Waals surface area contributed by atoms with Crippen molar-refractivity contribution >= 4 is 11.8 Å². The van der Waals surface area contributed by atoms with Crippen molar-refractivity contribution in [3.05, 3.63) is 64.7 Å². The van der Waals surface area contributed by atoms with Gasteiger partial charge < -0.3 is 20.3 Å². The maximum Gasteiger partial charge on any atom is 0.251 e. The summed E-state index contributed by atoms with van der Waals surface area (Å²) < 4.78 is 6.06. The molecule has 1 heterocycles. The summed E-state index contributed by atoms with van der Waals surface area (Å²) in [5.74, 6) is 0.686. The van der Waals surface area contributed by atoms with E-state index in [4.69, 9.17) is 4.74 Å². The van der Waals surface area contributed by atoms with Gasteiger partial charge in [0.25, 0.3) is 11.8 Å². The summed E-state index contributed by atoms with van der Waals surface area (Å²) in [6, 6.07) is 13.3. The summed E-state index contributed by atoms with van der Waals surface area (Å²) in [7, 11) is 4.04. The maximum atomic E-state index is 12.6. The van der Waals surface area contributed by atoms with Gasteiger partial charge in [0, 0.05) is 30.6 Å². The number of amides is 2. The molecule has 1 aliphatic rings. The zero-order chi connectivity index (χ0) is 22.1. The maximum absolute atomic E-state index is 12.6. The van der Waals surface area contributed by atoms with Crippen LogP contribution in [0.3, 0.4) is 0 Å². The minimum Gasteiger partial charge on any atom is -0.493 e. The Bertz CT molecular complexity index is 895. The molecule has 0 aliphatic carbocycles. The van der Waals surface area contributed by atoms with E-state index in [0.717, 1.165) is 49.1 Å². The predicted octanol–water partition coefficient (Wildman–Crippen LogP) is 3.25. The van der Waals surface area contributed by atoms with Crippen LogP contribution in [0.15, 0.2) is 42.5 Å². The standard InChI is InChI=1S/C25H33N3O3/c1-28(2)14-7-13-27-25(30)21-10-11-23-22(18-21)17-19-8-6-9-20(16-19)24(29)26-12-4-3-5-15-31-23/h6,8-11,16,18H,3-5,7,12-15,17H2,1-2H3,(H,26,29)(H,27,30). The average Bonchev–Trinajstić information content (AvgIpc) is 2.76. The highest BCUT2D eigenvalue weighted by atomic mass is 16.5. The van der Waals surface area contributed by atoms with E-state index in [1.54, 1.807) is 0 Å². The summed E-state index contributed by atoms with van der Waals surface area (Å²) >= 11 is 0. The molecule has 2 bridgehead atoms. The van der Waals surface area contributed by atoms with Crippen LogP contribution in [0, 0.1) is 0 Å². The first-order chi connectivity index (χ1) is 15.0. The van der Waals surface area contributed by atoms with Crippen LogP contribution in [-0.2, 0) is 6.42 Å².